The lowest BCUT2D eigenvalue weighted by atomic mass is 9.90. The molecule has 0 unspecified atom stereocenters. The van der Waals surface area contributed by atoms with Crippen LogP contribution in [-0.2, 0) is 14.3 Å². The van der Waals surface area contributed by atoms with Crippen molar-refractivity contribution in [3.05, 3.63) is 70.7 Å². The van der Waals surface area contributed by atoms with Crippen molar-refractivity contribution in [2.75, 3.05) is 6.61 Å². The van der Waals surface area contributed by atoms with Gasteiger partial charge in [-0.15, -0.1) is 0 Å². The Morgan fingerprint density at radius 3 is 2.48 bits per heavy atom. The van der Waals surface area contributed by atoms with Crippen molar-refractivity contribution in [2.45, 2.75) is 13.0 Å². The van der Waals surface area contributed by atoms with Gasteiger partial charge in [0.15, 0.2) is 5.92 Å². The molecule has 2 aromatic rings. The van der Waals surface area contributed by atoms with Crippen LogP contribution < -0.4 is 5.32 Å². The molecule has 1 aliphatic heterocycles. The van der Waals surface area contributed by atoms with Gasteiger partial charge >= 0.3 is 5.97 Å². The Balaban J connectivity index is 2.05. The number of ether oxygens (including phenoxy) is 1. The molecule has 6 heteroatoms. The van der Waals surface area contributed by atoms with Crippen molar-refractivity contribution in [1.82, 2.24) is 5.32 Å². The Morgan fingerprint density at radius 2 is 1.84 bits per heavy atom. The summed E-state index contributed by atoms with van der Waals surface area (Å²) in [7, 11) is 0. The number of halogens is 1. The number of hydrogen-bond acceptors (Lipinski definition) is 4. The van der Waals surface area contributed by atoms with Gasteiger partial charge in [-0.1, -0.05) is 54.1 Å². The molecule has 0 fully saturated rings. The van der Waals surface area contributed by atoms with E-state index in [0.717, 1.165) is 11.1 Å². The van der Waals surface area contributed by atoms with Crippen molar-refractivity contribution < 1.29 is 14.3 Å². The zero-order valence-electron chi connectivity index (χ0n) is 13.6. The van der Waals surface area contributed by atoms with E-state index >= 15 is 0 Å². The highest BCUT2D eigenvalue weighted by Crippen LogP contribution is 2.32. The summed E-state index contributed by atoms with van der Waals surface area (Å²) in [5.41, 5.74) is 1.50. The summed E-state index contributed by atoms with van der Waals surface area (Å²) in [5.74, 6) is -1.61. The van der Waals surface area contributed by atoms with Gasteiger partial charge in [-0.25, -0.2) is 0 Å². The molecule has 2 aromatic carbocycles. The van der Waals surface area contributed by atoms with Gasteiger partial charge in [-0.05, 0) is 24.6 Å². The molecule has 3 rings (SSSR count). The third kappa shape index (κ3) is 3.72. The van der Waals surface area contributed by atoms with Crippen LogP contribution in [0, 0.1) is 5.92 Å². The third-order valence-electron chi connectivity index (χ3n) is 3.91. The van der Waals surface area contributed by atoms with Crippen molar-refractivity contribution in [1.29, 1.82) is 0 Å². The van der Waals surface area contributed by atoms with E-state index in [0.29, 0.717) is 10.9 Å². The van der Waals surface area contributed by atoms with Crippen LogP contribution in [0.2, 0.25) is 5.02 Å². The molecular weight excluding hydrogens is 340 g/mol. The molecule has 0 aliphatic carbocycles. The first kappa shape index (κ1) is 17.2. The number of rotatable bonds is 4. The highest BCUT2D eigenvalue weighted by Gasteiger charge is 2.41. The van der Waals surface area contributed by atoms with Crippen LogP contribution in [0.3, 0.4) is 0 Å². The van der Waals surface area contributed by atoms with Crippen LogP contribution in [0.15, 0.2) is 59.6 Å². The molecule has 0 spiro atoms. The first-order valence-corrected chi connectivity index (χ1v) is 8.34. The Labute approximate surface area is 150 Å². The standard InChI is InChI=1S/C19H17ClN2O3/c1-2-25-19(24)15-16(12-8-10-14(20)11-9-12)21-17(22-18(15)23)13-6-4-3-5-7-13/h3-11,15-16H,2H2,1H3,(H,21,22,23)/t15-,16+/m1/s1. The van der Waals surface area contributed by atoms with Crippen molar-refractivity contribution in [2.24, 2.45) is 10.9 Å². The molecule has 5 nitrogen and oxygen atoms in total. The van der Waals surface area contributed by atoms with Crippen LogP contribution in [-0.4, -0.2) is 24.3 Å². The molecule has 128 valence electrons. The molecule has 0 aromatic heterocycles. The van der Waals surface area contributed by atoms with Gasteiger partial charge in [0.2, 0.25) is 5.91 Å². The van der Waals surface area contributed by atoms with Crippen LogP contribution >= 0.6 is 11.6 Å². The van der Waals surface area contributed by atoms with E-state index in [1.54, 1.807) is 31.2 Å². The monoisotopic (exact) mass is 356 g/mol. The molecular formula is C19H17ClN2O3. The number of nitrogens with zero attached hydrogens (tertiary/aromatic N) is 1. The van der Waals surface area contributed by atoms with Crippen LogP contribution in [0.5, 0.6) is 0 Å². The number of carbonyl (C=O) groups excluding carboxylic acids is 2. The summed E-state index contributed by atoms with van der Waals surface area (Å²) in [6.07, 6.45) is 0. The summed E-state index contributed by atoms with van der Waals surface area (Å²) in [4.78, 5) is 29.6. The molecule has 1 amide bonds. The van der Waals surface area contributed by atoms with Gasteiger partial charge in [0.1, 0.15) is 5.84 Å². The summed E-state index contributed by atoms with van der Waals surface area (Å²) in [6, 6.07) is 15.6. The Hall–Kier alpha value is -2.66. The fourth-order valence-electron chi connectivity index (χ4n) is 2.72. The highest BCUT2D eigenvalue weighted by molar-refractivity contribution is 6.30. The SMILES string of the molecule is CCOC(=O)[C@H]1C(=O)NC(c2ccccc2)=N[C@H]1c1ccc(Cl)cc1. The number of benzene rings is 2. The Bertz CT molecular complexity index is 803. The quantitative estimate of drug-likeness (QED) is 0.676. The van der Waals surface area contributed by atoms with E-state index in [4.69, 9.17) is 16.3 Å². The lowest BCUT2D eigenvalue weighted by molar-refractivity contribution is -0.153. The van der Waals surface area contributed by atoms with Gasteiger partial charge in [-0.2, -0.15) is 0 Å². The van der Waals surface area contributed by atoms with Crippen LogP contribution in [0.25, 0.3) is 0 Å². The molecule has 1 heterocycles. The number of hydrogen-bond donors (Lipinski definition) is 1. The number of carbonyl (C=O) groups is 2. The minimum atomic E-state index is -1.03. The molecule has 1 N–H and O–H groups in total. The maximum Gasteiger partial charge on any atom is 0.321 e. The molecule has 2 atom stereocenters. The summed E-state index contributed by atoms with van der Waals surface area (Å²) >= 11 is 5.95. The first-order chi connectivity index (χ1) is 12.1. The van der Waals surface area contributed by atoms with E-state index in [1.807, 2.05) is 30.3 Å². The maximum atomic E-state index is 12.6. The second-order valence-corrected chi connectivity index (χ2v) is 6.00. The molecule has 1 aliphatic rings. The first-order valence-electron chi connectivity index (χ1n) is 7.96. The van der Waals surface area contributed by atoms with Gasteiger partial charge in [-0.3, -0.25) is 14.6 Å². The number of nitrogens with one attached hydrogen (secondary N) is 1. The summed E-state index contributed by atoms with van der Waals surface area (Å²) in [5, 5.41) is 3.29. The lowest BCUT2D eigenvalue weighted by Gasteiger charge is -2.28. The number of amidine groups is 1. The lowest BCUT2D eigenvalue weighted by Crippen LogP contribution is -2.47. The van der Waals surface area contributed by atoms with Crippen LogP contribution in [0.4, 0.5) is 0 Å². The van der Waals surface area contributed by atoms with Crippen molar-refractivity contribution in [3.63, 3.8) is 0 Å². The second kappa shape index (κ2) is 7.49. The minimum absolute atomic E-state index is 0.200. The average Bonchev–Trinajstić information content (AvgIpc) is 2.62. The zero-order valence-corrected chi connectivity index (χ0v) is 14.4. The molecule has 0 bridgehead atoms. The Morgan fingerprint density at radius 1 is 1.16 bits per heavy atom. The summed E-state index contributed by atoms with van der Waals surface area (Å²) < 4.78 is 5.07. The smallest absolute Gasteiger partial charge is 0.321 e. The van der Waals surface area contributed by atoms with E-state index in [-0.39, 0.29) is 6.61 Å². The molecule has 0 saturated heterocycles. The van der Waals surface area contributed by atoms with Crippen LogP contribution in [0.1, 0.15) is 24.1 Å². The van der Waals surface area contributed by atoms with E-state index in [2.05, 4.69) is 10.3 Å². The predicted molar refractivity (Wildman–Crippen MR) is 95.4 cm³/mol. The Kier molecular flexibility index (Phi) is 5.14. The highest BCUT2D eigenvalue weighted by atomic mass is 35.5. The molecule has 0 radical (unpaired) electrons. The van der Waals surface area contributed by atoms with Gasteiger partial charge in [0.25, 0.3) is 0 Å². The van der Waals surface area contributed by atoms with E-state index in [9.17, 15) is 9.59 Å². The number of esters is 1. The fraction of sp³-hybridized carbons (Fsp3) is 0.211. The third-order valence-corrected chi connectivity index (χ3v) is 4.16. The van der Waals surface area contributed by atoms with Gasteiger partial charge in [0.05, 0.1) is 12.6 Å². The molecule has 25 heavy (non-hydrogen) atoms. The largest absolute Gasteiger partial charge is 0.465 e. The normalized spacial score (nSPS) is 19.8. The van der Waals surface area contributed by atoms with E-state index < -0.39 is 23.8 Å². The predicted octanol–water partition coefficient (Wildman–Crippen LogP) is 3.14. The van der Waals surface area contributed by atoms with Crippen molar-refractivity contribution in [3.8, 4) is 0 Å². The van der Waals surface area contributed by atoms with E-state index in [1.165, 1.54) is 0 Å². The molecule has 0 saturated carbocycles. The minimum Gasteiger partial charge on any atom is -0.465 e. The van der Waals surface area contributed by atoms with Crippen molar-refractivity contribution >= 4 is 29.3 Å². The summed E-state index contributed by atoms with van der Waals surface area (Å²) in [6.45, 7) is 1.90. The number of aliphatic imine (C=N–C) groups is 1. The topological polar surface area (TPSA) is 67.8 Å². The maximum absolute atomic E-state index is 12.6. The average molecular weight is 357 g/mol. The zero-order chi connectivity index (χ0) is 17.8. The van der Waals surface area contributed by atoms with Gasteiger partial charge < -0.3 is 10.1 Å². The number of amides is 1. The van der Waals surface area contributed by atoms with Gasteiger partial charge in [0, 0.05) is 10.6 Å². The second-order valence-electron chi connectivity index (χ2n) is 5.56. The fourth-order valence-corrected chi connectivity index (χ4v) is 2.85.